The van der Waals surface area contributed by atoms with E-state index in [1.165, 1.54) is 18.2 Å². The van der Waals surface area contributed by atoms with Crippen LogP contribution in [-0.4, -0.2) is 48.2 Å². The standard InChI is InChI=1S/C31H29FN4O4/c1-39-23-14-15-28(40-2)24(18-23)30-27-11-6-16-34(27)25-9-3-4-10-26(25)36(30)29(37)19-35(22-12-13-22)31(38)33-21-8-5-7-20(32)17-21/h3-11,14-18,22,30H,12-13,19H2,1-2H3,(H,33,38). The third-order valence-electron chi connectivity index (χ3n) is 7.35. The molecule has 2 heterocycles. The van der Waals surface area contributed by atoms with Gasteiger partial charge in [0.05, 0.1) is 31.3 Å². The average molecular weight is 541 g/mol. The van der Waals surface area contributed by atoms with Gasteiger partial charge in [0.1, 0.15) is 29.9 Å². The van der Waals surface area contributed by atoms with Crippen molar-refractivity contribution in [3.8, 4) is 17.2 Å². The van der Waals surface area contributed by atoms with E-state index in [9.17, 15) is 14.0 Å². The van der Waals surface area contributed by atoms with E-state index in [-0.39, 0.29) is 18.5 Å². The van der Waals surface area contributed by atoms with Crippen molar-refractivity contribution in [2.75, 3.05) is 31.0 Å². The van der Waals surface area contributed by atoms with Gasteiger partial charge in [-0.2, -0.15) is 0 Å². The number of carbonyl (C=O) groups is 2. The number of amides is 3. The number of rotatable bonds is 7. The molecule has 1 aliphatic carbocycles. The molecule has 0 saturated heterocycles. The molecule has 1 aromatic heterocycles. The number of carbonyl (C=O) groups excluding carboxylic acids is 2. The normalized spacial score (nSPS) is 15.6. The van der Waals surface area contributed by atoms with Crippen LogP contribution in [-0.2, 0) is 4.79 Å². The predicted molar refractivity (Wildman–Crippen MR) is 150 cm³/mol. The van der Waals surface area contributed by atoms with Gasteiger partial charge in [-0.1, -0.05) is 18.2 Å². The Morgan fingerprint density at radius 3 is 2.48 bits per heavy atom. The minimum atomic E-state index is -0.546. The number of anilines is 2. The fraction of sp³-hybridized carbons (Fsp3) is 0.226. The van der Waals surface area contributed by atoms with Crippen molar-refractivity contribution >= 4 is 23.3 Å². The van der Waals surface area contributed by atoms with Gasteiger partial charge >= 0.3 is 6.03 Å². The minimum absolute atomic E-state index is 0.0637. The van der Waals surface area contributed by atoms with Crippen molar-refractivity contribution in [2.24, 2.45) is 0 Å². The summed E-state index contributed by atoms with van der Waals surface area (Å²) in [4.78, 5) is 31.0. The summed E-state index contributed by atoms with van der Waals surface area (Å²) >= 11 is 0. The molecule has 3 aromatic carbocycles. The summed E-state index contributed by atoms with van der Waals surface area (Å²) in [7, 11) is 3.19. The summed E-state index contributed by atoms with van der Waals surface area (Å²) in [5.41, 5.74) is 3.54. The molecular formula is C31H29FN4O4. The molecule has 4 aromatic rings. The third kappa shape index (κ3) is 4.64. The summed E-state index contributed by atoms with van der Waals surface area (Å²) in [5, 5.41) is 2.75. The summed E-state index contributed by atoms with van der Waals surface area (Å²) in [6.45, 7) is -0.149. The number of fused-ring (bicyclic) bond motifs is 3. The molecule has 1 atom stereocenters. The molecule has 1 saturated carbocycles. The molecule has 1 N–H and O–H groups in total. The van der Waals surface area contributed by atoms with E-state index in [1.54, 1.807) is 30.1 Å². The van der Waals surface area contributed by atoms with Gasteiger partial charge in [-0.15, -0.1) is 0 Å². The number of hydrogen-bond acceptors (Lipinski definition) is 4. The molecule has 2 aliphatic rings. The van der Waals surface area contributed by atoms with Gasteiger partial charge in [0.15, 0.2) is 0 Å². The van der Waals surface area contributed by atoms with Crippen LogP contribution >= 0.6 is 0 Å². The molecule has 9 heteroatoms. The molecule has 0 spiro atoms. The lowest BCUT2D eigenvalue weighted by atomic mass is 9.96. The molecule has 3 amide bonds. The van der Waals surface area contributed by atoms with Crippen molar-refractivity contribution in [3.05, 3.63) is 102 Å². The SMILES string of the molecule is COc1ccc(OC)c(C2c3cccn3-c3ccccc3N2C(=O)CN(C(=O)Nc2cccc(F)c2)C2CC2)c1. The molecule has 6 rings (SSSR count). The van der Waals surface area contributed by atoms with Gasteiger partial charge in [0, 0.05) is 23.5 Å². The van der Waals surface area contributed by atoms with Gasteiger partial charge in [-0.3, -0.25) is 9.69 Å². The lowest BCUT2D eigenvalue weighted by Crippen LogP contribution is -2.48. The van der Waals surface area contributed by atoms with Crippen molar-refractivity contribution in [3.63, 3.8) is 0 Å². The van der Waals surface area contributed by atoms with E-state index in [0.717, 1.165) is 29.8 Å². The van der Waals surface area contributed by atoms with Crippen LogP contribution in [0.2, 0.25) is 0 Å². The van der Waals surface area contributed by atoms with Crippen LogP contribution in [0.5, 0.6) is 11.5 Å². The topological polar surface area (TPSA) is 76.0 Å². The fourth-order valence-corrected chi connectivity index (χ4v) is 5.35. The van der Waals surface area contributed by atoms with Crippen molar-refractivity contribution in [1.82, 2.24) is 9.47 Å². The maximum absolute atomic E-state index is 14.3. The predicted octanol–water partition coefficient (Wildman–Crippen LogP) is 5.77. The molecule has 1 unspecified atom stereocenters. The molecule has 40 heavy (non-hydrogen) atoms. The Bertz CT molecular complexity index is 1580. The fourth-order valence-electron chi connectivity index (χ4n) is 5.35. The summed E-state index contributed by atoms with van der Waals surface area (Å²) in [6, 6.07) is 21.8. The number of methoxy groups -OCH3 is 2. The quantitative estimate of drug-likeness (QED) is 0.323. The monoisotopic (exact) mass is 540 g/mol. The first-order valence-corrected chi connectivity index (χ1v) is 13.1. The maximum Gasteiger partial charge on any atom is 0.322 e. The molecule has 1 aliphatic heterocycles. The first-order chi connectivity index (χ1) is 19.5. The number of para-hydroxylation sites is 2. The highest BCUT2D eigenvalue weighted by Gasteiger charge is 2.41. The third-order valence-corrected chi connectivity index (χ3v) is 7.35. The van der Waals surface area contributed by atoms with Gasteiger partial charge in [0.2, 0.25) is 5.91 Å². The highest BCUT2D eigenvalue weighted by atomic mass is 19.1. The van der Waals surface area contributed by atoms with Crippen molar-refractivity contribution < 1.29 is 23.5 Å². The van der Waals surface area contributed by atoms with Crippen LogP contribution in [0, 0.1) is 5.82 Å². The van der Waals surface area contributed by atoms with E-state index in [1.807, 2.05) is 60.8 Å². The zero-order valence-electron chi connectivity index (χ0n) is 22.2. The van der Waals surface area contributed by atoms with Gasteiger partial charge in [-0.25, -0.2) is 9.18 Å². The Kier molecular flexibility index (Phi) is 6.63. The van der Waals surface area contributed by atoms with Crippen LogP contribution in [0.25, 0.3) is 5.69 Å². The van der Waals surface area contributed by atoms with E-state index in [4.69, 9.17) is 9.47 Å². The summed E-state index contributed by atoms with van der Waals surface area (Å²) in [6.07, 6.45) is 3.57. The van der Waals surface area contributed by atoms with Crippen LogP contribution in [0.4, 0.5) is 20.6 Å². The Labute approximate surface area is 231 Å². The molecule has 0 bridgehead atoms. The average Bonchev–Trinajstić information content (AvgIpc) is 3.69. The largest absolute Gasteiger partial charge is 0.497 e. The molecule has 8 nitrogen and oxygen atoms in total. The van der Waals surface area contributed by atoms with E-state index in [2.05, 4.69) is 9.88 Å². The Morgan fingerprint density at radius 2 is 1.75 bits per heavy atom. The lowest BCUT2D eigenvalue weighted by Gasteiger charge is -2.40. The van der Waals surface area contributed by atoms with Crippen LogP contribution < -0.4 is 19.7 Å². The number of hydrogen-bond donors (Lipinski definition) is 1. The number of nitrogens with zero attached hydrogens (tertiary/aromatic N) is 3. The van der Waals surface area contributed by atoms with Gasteiger partial charge < -0.3 is 24.3 Å². The highest BCUT2D eigenvalue weighted by molar-refractivity contribution is 6.01. The van der Waals surface area contributed by atoms with Gasteiger partial charge in [-0.05, 0) is 73.5 Å². The second-order valence-electron chi connectivity index (χ2n) is 9.87. The summed E-state index contributed by atoms with van der Waals surface area (Å²) < 4.78 is 27.1. The van der Waals surface area contributed by atoms with Crippen molar-refractivity contribution in [2.45, 2.75) is 24.9 Å². The highest BCUT2D eigenvalue weighted by Crippen LogP contribution is 2.45. The first-order valence-electron chi connectivity index (χ1n) is 13.1. The first kappa shape index (κ1) is 25.5. The van der Waals surface area contributed by atoms with E-state index in [0.29, 0.717) is 22.9 Å². The number of ether oxygens (including phenoxy) is 2. The zero-order chi connectivity index (χ0) is 27.8. The van der Waals surface area contributed by atoms with Crippen LogP contribution in [0.1, 0.15) is 30.1 Å². The lowest BCUT2D eigenvalue weighted by molar-refractivity contribution is -0.119. The molecule has 204 valence electrons. The smallest absolute Gasteiger partial charge is 0.322 e. The Morgan fingerprint density at radius 1 is 0.950 bits per heavy atom. The Balaban J connectivity index is 1.40. The second-order valence-corrected chi connectivity index (χ2v) is 9.87. The number of urea groups is 1. The van der Waals surface area contributed by atoms with Crippen LogP contribution in [0.15, 0.2) is 85.1 Å². The number of benzene rings is 3. The molecule has 1 fully saturated rings. The molecular weight excluding hydrogens is 511 g/mol. The van der Waals surface area contributed by atoms with Gasteiger partial charge in [0.25, 0.3) is 0 Å². The minimum Gasteiger partial charge on any atom is -0.497 e. The summed E-state index contributed by atoms with van der Waals surface area (Å²) in [5.74, 6) is 0.541. The number of halogens is 1. The molecule has 0 radical (unpaired) electrons. The van der Waals surface area contributed by atoms with Crippen LogP contribution in [0.3, 0.4) is 0 Å². The van der Waals surface area contributed by atoms with E-state index < -0.39 is 17.9 Å². The van der Waals surface area contributed by atoms with E-state index >= 15 is 0 Å². The Hall–Kier alpha value is -4.79. The maximum atomic E-state index is 14.3. The second kappa shape index (κ2) is 10.4. The zero-order valence-corrected chi connectivity index (χ0v) is 22.2. The van der Waals surface area contributed by atoms with Crippen molar-refractivity contribution in [1.29, 1.82) is 0 Å². The number of nitrogens with one attached hydrogen (secondary N) is 1. The number of aromatic nitrogens is 1.